The van der Waals surface area contributed by atoms with Crippen LogP contribution in [0.25, 0.3) is 0 Å². The lowest BCUT2D eigenvalue weighted by atomic mass is 10.4. The van der Waals surface area contributed by atoms with E-state index < -0.39 is 0 Å². The van der Waals surface area contributed by atoms with Crippen LogP contribution < -0.4 is 10.6 Å². The first-order valence-electron chi connectivity index (χ1n) is 3.59. The lowest BCUT2D eigenvalue weighted by molar-refractivity contribution is 0.533. The Morgan fingerprint density at radius 1 is 1.27 bits per heavy atom. The molecule has 11 heavy (non-hydrogen) atoms. The van der Waals surface area contributed by atoms with Crippen LogP contribution in [0.15, 0.2) is 38.0 Å². The summed E-state index contributed by atoms with van der Waals surface area (Å²) in [5, 5.41) is 7.31. The molecule has 0 saturated carbocycles. The maximum atomic E-state index is 4.20. The summed E-state index contributed by atoms with van der Waals surface area (Å²) in [5.74, 6) is 0. The molecule has 0 heterocycles. The highest BCUT2D eigenvalue weighted by molar-refractivity contribution is 4.87. The molecule has 2 nitrogen and oxygen atoms in total. The average Bonchev–Trinajstić information content (AvgIpc) is 2.05. The Labute approximate surface area is 68.7 Å². The average molecular weight is 151 g/mol. The fourth-order valence-corrected chi connectivity index (χ4v) is 0.615. The van der Waals surface area contributed by atoms with E-state index in [9.17, 15) is 0 Å². The lowest BCUT2D eigenvalue weighted by Crippen LogP contribution is -2.35. The summed E-state index contributed by atoms with van der Waals surface area (Å²) >= 11 is 0. The Balaban J connectivity index is 3.47. The highest BCUT2D eigenvalue weighted by Crippen LogP contribution is 1.80. The van der Waals surface area contributed by atoms with Crippen molar-refractivity contribution in [2.45, 2.75) is 6.17 Å². The summed E-state index contributed by atoms with van der Waals surface area (Å²) in [6.07, 6.45) is 5.32. The molecule has 0 aromatic heterocycles. The van der Waals surface area contributed by atoms with Crippen molar-refractivity contribution in [3.63, 3.8) is 0 Å². The monoisotopic (exact) mass is 151 g/mol. The molecular weight excluding hydrogens is 136 g/mol. The van der Waals surface area contributed by atoms with Crippen molar-refractivity contribution in [1.82, 2.24) is 10.6 Å². The second-order valence-corrected chi connectivity index (χ2v) is 2.03. The van der Waals surface area contributed by atoms with Crippen molar-refractivity contribution in [3.8, 4) is 0 Å². The van der Waals surface area contributed by atoms with Gasteiger partial charge in [0.25, 0.3) is 0 Å². The number of hydrogen-bond acceptors (Lipinski definition) is 1. The van der Waals surface area contributed by atoms with Crippen molar-refractivity contribution >= 4 is 0 Å². The lowest BCUT2D eigenvalue weighted by Gasteiger charge is -2.11. The van der Waals surface area contributed by atoms with E-state index in [-0.39, 0.29) is 6.17 Å². The Hall–Kier alpha value is -0.860. The van der Waals surface area contributed by atoms with Gasteiger partial charge in [-0.1, -0.05) is 18.2 Å². The first kappa shape index (κ1) is 10.1. The molecule has 0 bridgehead atoms. The largest absolute Gasteiger partial charge is 0.294 e. The summed E-state index contributed by atoms with van der Waals surface area (Å²) in [6.45, 7) is 12.2. The molecule has 0 aliphatic carbocycles. The highest BCUT2D eigenvalue weighted by Gasteiger charge is 1.98. The zero-order valence-electron chi connectivity index (χ0n) is 6.79. The van der Waals surface area contributed by atoms with Crippen LogP contribution in [-0.2, 0) is 0 Å². The van der Waals surface area contributed by atoms with E-state index >= 15 is 0 Å². The van der Waals surface area contributed by atoms with Crippen molar-refractivity contribution in [2.75, 3.05) is 13.1 Å². The van der Waals surface area contributed by atoms with Gasteiger partial charge in [-0.3, -0.25) is 5.32 Å². The normalized spacial score (nSPS) is 9.55. The second kappa shape index (κ2) is 7.25. The zero-order chi connectivity index (χ0) is 8.53. The fraction of sp³-hybridized carbons (Fsp3) is 0.333. The standard InChI is InChI=1S/C9H15N2/c1-4-7-10-9(6-3)11-8-5-2/h4-6,9-10H,1-3,7-8H2. The Kier molecular flexibility index (Phi) is 6.68. The van der Waals surface area contributed by atoms with E-state index in [1.54, 1.807) is 18.2 Å². The van der Waals surface area contributed by atoms with Crippen molar-refractivity contribution in [3.05, 3.63) is 38.0 Å². The van der Waals surface area contributed by atoms with Gasteiger partial charge in [0.1, 0.15) is 0 Å². The van der Waals surface area contributed by atoms with E-state index in [2.05, 4.69) is 30.4 Å². The summed E-state index contributed by atoms with van der Waals surface area (Å²) in [7, 11) is 0. The van der Waals surface area contributed by atoms with E-state index in [1.807, 2.05) is 0 Å². The Morgan fingerprint density at radius 3 is 2.45 bits per heavy atom. The Morgan fingerprint density at radius 2 is 2.00 bits per heavy atom. The fourth-order valence-electron chi connectivity index (χ4n) is 0.615. The van der Waals surface area contributed by atoms with Crippen molar-refractivity contribution in [1.29, 1.82) is 0 Å². The summed E-state index contributed by atoms with van der Waals surface area (Å²) < 4.78 is 0. The van der Waals surface area contributed by atoms with Crippen LogP contribution in [0.2, 0.25) is 0 Å². The number of nitrogens with one attached hydrogen (secondary N) is 1. The molecule has 0 aromatic carbocycles. The van der Waals surface area contributed by atoms with Crippen LogP contribution in [0, 0.1) is 0 Å². The third-order valence-electron chi connectivity index (χ3n) is 1.13. The Bertz CT molecular complexity index is 118. The minimum atomic E-state index is 0.0194. The predicted octanol–water partition coefficient (Wildman–Crippen LogP) is 1.06. The maximum absolute atomic E-state index is 4.20. The van der Waals surface area contributed by atoms with Gasteiger partial charge in [-0.25, -0.2) is 5.32 Å². The second-order valence-electron chi connectivity index (χ2n) is 2.03. The van der Waals surface area contributed by atoms with Crippen LogP contribution in [0.3, 0.4) is 0 Å². The van der Waals surface area contributed by atoms with Gasteiger partial charge in [-0.15, -0.1) is 19.7 Å². The molecule has 0 rings (SSSR count). The summed E-state index contributed by atoms with van der Waals surface area (Å²) in [5.41, 5.74) is 0. The summed E-state index contributed by atoms with van der Waals surface area (Å²) in [6, 6.07) is 0. The number of hydrogen-bond donors (Lipinski definition) is 1. The molecule has 0 fully saturated rings. The molecule has 1 N–H and O–H groups in total. The van der Waals surface area contributed by atoms with Gasteiger partial charge in [0.05, 0.1) is 6.17 Å². The summed E-state index contributed by atoms with van der Waals surface area (Å²) in [4.78, 5) is 0. The van der Waals surface area contributed by atoms with Crippen LogP contribution in [-0.4, -0.2) is 19.3 Å². The topological polar surface area (TPSA) is 26.1 Å². The third kappa shape index (κ3) is 5.58. The maximum Gasteiger partial charge on any atom is 0.0928 e. The van der Waals surface area contributed by atoms with Gasteiger partial charge in [0.15, 0.2) is 0 Å². The molecule has 2 heteroatoms. The molecule has 0 aliphatic heterocycles. The zero-order valence-corrected chi connectivity index (χ0v) is 6.79. The van der Waals surface area contributed by atoms with E-state index in [4.69, 9.17) is 0 Å². The molecule has 1 radical (unpaired) electrons. The molecule has 1 atom stereocenters. The molecule has 0 saturated heterocycles. The van der Waals surface area contributed by atoms with Gasteiger partial charge < -0.3 is 0 Å². The molecule has 61 valence electrons. The third-order valence-corrected chi connectivity index (χ3v) is 1.13. The van der Waals surface area contributed by atoms with Gasteiger partial charge in [-0.2, -0.15) is 0 Å². The van der Waals surface area contributed by atoms with Gasteiger partial charge in [0, 0.05) is 13.1 Å². The van der Waals surface area contributed by atoms with Crippen LogP contribution in [0.4, 0.5) is 0 Å². The van der Waals surface area contributed by atoms with E-state index in [0.29, 0.717) is 6.54 Å². The van der Waals surface area contributed by atoms with Crippen LogP contribution >= 0.6 is 0 Å². The van der Waals surface area contributed by atoms with Gasteiger partial charge in [0.2, 0.25) is 0 Å². The molecule has 0 amide bonds. The molecule has 0 spiro atoms. The van der Waals surface area contributed by atoms with Crippen molar-refractivity contribution < 1.29 is 0 Å². The van der Waals surface area contributed by atoms with Crippen molar-refractivity contribution in [2.24, 2.45) is 0 Å². The smallest absolute Gasteiger partial charge is 0.0928 e. The SMILES string of the molecule is C=CC[N]C(C=C)NCC=C. The first-order valence-corrected chi connectivity index (χ1v) is 3.59. The quantitative estimate of drug-likeness (QED) is 0.541. The molecule has 0 aliphatic rings. The predicted molar refractivity (Wildman–Crippen MR) is 49.4 cm³/mol. The molecule has 0 aromatic rings. The minimum Gasteiger partial charge on any atom is -0.294 e. The van der Waals surface area contributed by atoms with Crippen LogP contribution in [0.1, 0.15) is 0 Å². The first-order chi connectivity index (χ1) is 5.35. The van der Waals surface area contributed by atoms with E-state index in [1.165, 1.54) is 0 Å². The number of rotatable bonds is 7. The van der Waals surface area contributed by atoms with Crippen LogP contribution in [0.5, 0.6) is 0 Å². The molecule has 1 unspecified atom stereocenters. The highest BCUT2D eigenvalue weighted by atomic mass is 15.1. The van der Waals surface area contributed by atoms with Gasteiger partial charge in [-0.05, 0) is 0 Å². The number of nitrogens with zero attached hydrogens (tertiary/aromatic N) is 1. The van der Waals surface area contributed by atoms with E-state index in [0.717, 1.165) is 6.54 Å². The van der Waals surface area contributed by atoms with Gasteiger partial charge >= 0.3 is 0 Å². The molecular formula is C9H15N2. The minimum absolute atomic E-state index is 0.0194.